The third-order valence-corrected chi connectivity index (χ3v) is 8.23. The summed E-state index contributed by atoms with van der Waals surface area (Å²) in [6, 6.07) is 8.49. The van der Waals surface area contributed by atoms with Crippen LogP contribution in [0, 0.1) is 11.6 Å². The third kappa shape index (κ3) is 5.50. The van der Waals surface area contributed by atoms with Gasteiger partial charge in [0, 0.05) is 22.3 Å². The van der Waals surface area contributed by atoms with Crippen molar-refractivity contribution in [2.75, 3.05) is 0 Å². The van der Waals surface area contributed by atoms with Gasteiger partial charge in [-0.15, -0.1) is 11.3 Å². The summed E-state index contributed by atoms with van der Waals surface area (Å²) in [7, 11) is 0. The molecule has 0 bridgehead atoms. The summed E-state index contributed by atoms with van der Waals surface area (Å²) in [6.45, 7) is 1.68. The van der Waals surface area contributed by atoms with Crippen LogP contribution >= 0.6 is 46.3 Å². The zero-order valence-corrected chi connectivity index (χ0v) is 20.8. The molecule has 176 valence electrons. The van der Waals surface area contributed by atoms with Gasteiger partial charge in [-0.25, -0.2) is 23.4 Å². The van der Waals surface area contributed by atoms with E-state index in [1.807, 2.05) is 29.7 Å². The molecule has 1 unspecified atom stereocenters. The minimum Gasteiger partial charge on any atom is -0.382 e. The predicted molar refractivity (Wildman–Crippen MR) is 133 cm³/mol. The lowest BCUT2D eigenvalue weighted by Gasteiger charge is -2.34. The highest BCUT2D eigenvalue weighted by Crippen LogP contribution is 2.40. The number of rotatable bonds is 8. The summed E-state index contributed by atoms with van der Waals surface area (Å²) in [5, 5.41) is 17.9. The van der Waals surface area contributed by atoms with Crippen LogP contribution in [0.2, 0.25) is 10.0 Å². The van der Waals surface area contributed by atoms with E-state index in [1.54, 1.807) is 13.0 Å². The molecule has 0 spiro atoms. The lowest BCUT2D eigenvalue weighted by atomic mass is 9.90. The lowest BCUT2D eigenvalue weighted by molar-refractivity contribution is 0.0133. The fourth-order valence-electron chi connectivity index (χ4n) is 3.31. The van der Waals surface area contributed by atoms with Gasteiger partial charge in [-0.3, -0.25) is 0 Å². The molecule has 2 aromatic carbocycles. The third-order valence-electron chi connectivity index (χ3n) is 5.13. The summed E-state index contributed by atoms with van der Waals surface area (Å²) in [5.74, 6) is -1.56. The van der Waals surface area contributed by atoms with Crippen molar-refractivity contribution in [1.82, 2.24) is 19.7 Å². The minimum absolute atomic E-state index is 0.0309. The van der Waals surface area contributed by atoms with Gasteiger partial charge >= 0.3 is 0 Å². The molecule has 1 N–H and O–H groups in total. The number of hydrogen-bond acceptors (Lipinski definition) is 6. The molecule has 0 aliphatic carbocycles. The van der Waals surface area contributed by atoms with Crippen LogP contribution in [0.4, 0.5) is 8.78 Å². The number of thiazole rings is 1. The topological polar surface area (TPSA) is 63.8 Å². The Morgan fingerprint density at radius 2 is 2.06 bits per heavy atom. The van der Waals surface area contributed by atoms with Crippen LogP contribution in [0.5, 0.6) is 0 Å². The Morgan fingerprint density at radius 3 is 2.79 bits per heavy atom. The molecule has 2 aromatic heterocycles. The normalized spacial score (nSPS) is 14.4. The fraction of sp³-hybridized carbons (Fsp3) is 0.174. The maximum absolute atomic E-state index is 14.7. The van der Waals surface area contributed by atoms with Crippen molar-refractivity contribution in [2.24, 2.45) is 0 Å². The summed E-state index contributed by atoms with van der Waals surface area (Å²) in [6.07, 6.45) is 6.38. The number of aromatic nitrogens is 4. The SMILES string of the molecule is C[C@@H](Sc1nc(C=Cc2cccc(Cl)c2Cl)cs1)C(O)(Cn1cncn1)c1ccc(F)cc1F. The van der Waals surface area contributed by atoms with E-state index in [0.717, 1.165) is 17.7 Å². The Bertz CT molecular complexity index is 1320. The van der Waals surface area contributed by atoms with Crippen LogP contribution in [0.25, 0.3) is 12.2 Å². The van der Waals surface area contributed by atoms with Crippen LogP contribution in [0.1, 0.15) is 23.7 Å². The highest BCUT2D eigenvalue weighted by Gasteiger charge is 2.40. The molecule has 34 heavy (non-hydrogen) atoms. The number of nitrogens with zero attached hydrogens (tertiary/aromatic N) is 4. The average Bonchev–Trinajstić information content (AvgIpc) is 3.46. The van der Waals surface area contributed by atoms with Gasteiger partial charge in [-0.1, -0.05) is 59.2 Å². The second-order valence-electron chi connectivity index (χ2n) is 7.42. The molecular weight excluding hydrogens is 521 g/mol. The van der Waals surface area contributed by atoms with Crippen molar-refractivity contribution in [3.05, 3.63) is 92.9 Å². The fourth-order valence-corrected chi connectivity index (χ4v) is 5.85. The van der Waals surface area contributed by atoms with Gasteiger partial charge in [0.15, 0.2) is 4.34 Å². The summed E-state index contributed by atoms with van der Waals surface area (Å²) in [4.78, 5) is 8.46. The highest BCUT2D eigenvalue weighted by molar-refractivity contribution is 8.01. The molecule has 0 aliphatic rings. The first kappa shape index (κ1) is 24.8. The van der Waals surface area contributed by atoms with Crippen molar-refractivity contribution in [3.8, 4) is 0 Å². The number of benzene rings is 2. The molecule has 0 saturated carbocycles. The monoisotopic (exact) mass is 538 g/mol. The number of thioether (sulfide) groups is 1. The second-order valence-corrected chi connectivity index (χ2v) is 10.6. The first-order chi connectivity index (χ1) is 16.3. The van der Waals surface area contributed by atoms with E-state index in [9.17, 15) is 13.9 Å². The second kappa shape index (κ2) is 10.5. The standard InChI is InChI=1S/C23H18Cl2F2N4OS2/c1-14(23(32,11-31-13-28-12-29-31)18-8-6-16(26)9-20(18)27)34-22-30-17(10-33-22)7-5-15-3-2-4-19(24)21(15)25/h2-10,12-14,32H,11H2,1H3/t14-,23?/m1/s1. The first-order valence-corrected chi connectivity index (χ1v) is 12.5. The van der Waals surface area contributed by atoms with Gasteiger partial charge in [-0.05, 0) is 30.7 Å². The Kier molecular flexibility index (Phi) is 7.69. The summed E-state index contributed by atoms with van der Waals surface area (Å²) < 4.78 is 30.3. The molecule has 2 atom stereocenters. The van der Waals surface area contributed by atoms with Gasteiger partial charge in [0.1, 0.15) is 29.9 Å². The quantitative estimate of drug-likeness (QED) is 0.257. The van der Waals surface area contributed by atoms with E-state index in [-0.39, 0.29) is 12.1 Å². The van der Waals surface area contributed by atoms with Crippen LogP contribution in [0.3, 0.4) is 0 Å². The smallest absolute Gasteiger partial charge is 0.150 e. The number of halogens is 4. The van der Waals surface area contributed by atoms with E-state index in [1.165, 1.54) is 46.5 Å². The van der Waals surface area contributed by atoms with Crippen LogP contribution in [0.15, 0.2) is 58.8 Å². The van der Waals surface area contributed by atoms with Crippen LogP contribution in [-0.4, -0.2) is 30.1 Å². The van der Waals surface area contributed by atoms with Gasteiger partial charge < -0.3 is 5.11 Å². The highest BCUT2D eigenvalue weighted by atomic mass is 35.5. The summed E-state index contributed by atoms with van der Waals surface area (Å²) in [5.41, 5.74) is -0.287. The Hall–Kier alpha value is -2.30. The van der Waals surface area contributed by atoms with E-state index in [2.05, 4.69) is 15.1 Å². The predicted octanol–water partition coefficient (Wildman–Crippen LogP) is 6.56. The maximum Gasteiger partial charge on any atom is 0.150 e. The Labute approximate surface area is 213 Å². The lowest BCUT2D eigenvalue weighted by Crippen LogP contribution is -2.41. The van der Waals surface area contributed by atoms with Crippen molar-refractivity contribution in [2.45, 2.75) is 28.7 Å². The van der Waals surface area contributed by atoms with Gasteiger partial charge in [0.2, 0.25) is 0 Å². The first-order valence-electron chi connectivity index (χ1n) is 10.0. The molecule has 5 nitrogen and oxygen atoms in total. The van der Waals surface area contributed by atoms with Crippen molar-refractivity contribution in [1.29, 1.82) is 0 Å². The molecular formula is C23H18Cl2F2N4OS2. The number of aliphatic hydroxyl groups is 1. The summed E-state index contributed by atoms with van der Waals surface area (Å²) >= 11 is 15.0. The average molecular weight is 539 g/mol. The molecule has 0 saturated heterocycles. The molecule has 0 amide bonds. The zero-order chi connectivity index (χ0) is 24.3. The van der Waals surface area contributed by atoms with Crippen molar-refractivity contribution >= 4 is 58.5 Å². The van der Waals surface area contributed by atoms with E-state index in [4.69, 9.17) is 23.2 Å². The minimum atomic E-state index is -1.72. The Balaban J connectivity index is 1.57. The zero-order valence-electron chi connectivity index (χ0n) is 17.7. The molecule has 2 heterocycles. The van der Waals surface area contributed by atoms with Crippen molar-refractivity contribution in [3.63, 3.8) is 0 Å². The molecule has 0 fully saturated rings. The largest absolute Gasteiger partial charge is 0.382 e. The molecule has 4 rings (SSSR count). The van der Waals surface area contributed by atoms with Crippen LogP contribution < -0.4 is 0 Å². The van der Waals surface area contributed by atoms with Gasteiger partial charge in [0.25, 0.3) is 0 Å². The van der Waals surface area contributed by atoms with E-state index in [0.29, 0.717) is 20.1 Å². The van der Waals surface area contributed by atoms with Gasteiger partial charge in [0.05, 0.1) is 22.3 Å². The van der Waals surface area contributed by atoms with Crippen molar-refractivity contribution < 1.29 is 13.9 Å². The van der Waals surface area contributed by atoms with Gasteiger partial charge in [-0.2, -0.15) is 5.10 Å². The van der Waals surface area contributed by atoms with E-state index < -0.39 is 22.5 Å². The maximum atomic E-state index is 14.7. The number of hydrogen-bond donors (Lipinski definition) is 1. The molecule has 0 aliphatic heterocycles. The molecule has 0 radical (unpaired) electrons. The molecule has 11 heteroatoms. The van der Waals surface area contributed by atoms with Crippen LogP contribution in [-0.2, 0) is 12.1 Å². The van der Waals surface area contributed by atoms with E-state index >= 15 is 0 Å². The molecule has 4 aromatic rings. The Morgan fingerprint density at radius 1 is 1.24 bits per heavy atom.